The van der Waals surface area contributed by atoms with E-state index in [-0.39, 0.29) is 37.9 Å². The zero-order chi connectivity index (χ0) is 68.2. The van der Waals surface area contributed by atoms with E-state index in [0.29, 0.717) is 68.0 Å². The minimum absolute atomic E-state index is 0.0802. The summed E-state index contributed by atoms with van der Waals surface area (Å²) in [5, 5.41) is 69.7. The van der Waals surface area contributed by atoms with Crippen molar-refractivity contribution in [3.63, 3.8) is 0 Å². The molecule has 0 spiro atoms. The number of nitrogens with zero attached hydrogens (tertiary/aromatic N) is 9. The number of aliphatic hydroxyl groups excluding tert-OH is 3. The topological polar surface area (TPSA) is 206 Å². The van der Waals surface area contributed by atoms with Crippen LogP contribution in [-0.4, -0.2) is 78.6 Å². The molecule has 3 aromatic rings. The Morgan fingerprint density at radius 1 is 0.398 bits per heavy atom. The molecule has 0 aromatic carbocycles. The summed E-state index contributed by atoms with van der Waals surface area (Å²) in [5.74, 6) is 14.1. The van der Waals surface area contributed by atoms with Crippen molar-refractivity contribution in [2.24, 2.45) is 139 Å². The van der Waals surface area contributed by atoms with E-state index in [4.69, 9.17) is 0 Å². The van der Waals surface area contributed by atoms with Crippen molar-refractivity contribution in [2.45, 2.75) is 332 Å². The molecule has 16 nitrogen and oxygen atoms in total. The number of hydrogen-bond acceptors (Lipinski definition) is 10. The van der Waals surface area contributed by atoms with Gasteiger partial charge in [0.25, 0.3) is 7.59 Å². The number of nitrogens with one attached hydrogen (secondary N) is 3. The summed E-state index contributed by atoms with van der Waals surface area (Å²) in [7, 11) is -3.46. The number of fused-ring (bicyclic) bond motifs is 15. The molecule has 548 valence electrons. The second-order valence-electron chi connectivity index (χ2n) is 38.8. The Kier molecular flexibility index (Phi) is 20.3. The van der Waals surface area contributed by atoms with Crippen molar-refractivity contribution >= 4 is 7.59 Å². The molecule has 17 heteroatoms. The largest absolute Gasteiger partial charge is 0.393 e. The highest BCUT2D eigenvalue weighted by Crippen LogP contribution is 2.72. The molecule has 6 N–H and O–H groups in total. The SMILES string of the molecule is C[C@H](CCCn1cc(CNP(=O)(NCc2cn(CCC[C@@H](C)[C@H]3CC[C@H]4[C@@H]5CC[C@@H]6C[C@H](O)CC[C@]6(C)[C@H]5CC[C@]34C)nn2)NCc2cn(CCC[C@@H](C)[C@H]3CC[C@H]4[C@@H]5CC[C@@H]6C[C@H](O)CC[C@]6(C)[C@H]5CC[C@]34C)nn2)nn1)[C@H]1CC[C@H]2[C@@H]3CC[C@@H]4C[C@H](O)CC[C@]4(C)[C@H]3CC[C@]12C. The Morgan fingerprint density at radius 2 is 0.673 bits per heavy atom. The van der Waals surface area contributed by atoms with Crippen LogP contribution in [0.5, 0.6) is 0 Å². The van der Waals surface area contributed by atoms with Crippen LogP contribution in [0.4, 0.5) is 0 Å². The van der Waals surface area contributed by atoms with Crippen LogP contribution in [0.25, 0.3) is 0 Å². The first kappa shape index (κ1) is 71.0. The number of aliphatic hydroxyl groups is 3. The second-order valence-corrected chi connectivity index (χ2v) is 41.0. The molecule has 12 fully saturated rings. The number of hydrogen-bond donors (Lipinski definition) is 6. The smallest absolute Gasteiger partial charge is 0.280 e. The van der Waals surface area contributed by atoms with Gasteiger partial charge < -0.3 is 15.3 Å². The lowest BCUT2D eigenvalue weighted by molar-refractivity contribution is -0.129. The highest BCUT2D eigenvalue weighted by atomic mass is 31.2. The van der Waals surface area contributed by atoms with Gasteiger partial charge in [-0.25, -0.2) is 15.3 Å². The molecule has 0 unspecified atom stereocenters. The molecule has 12 aliphatic carbocycles. The molecule has 0 amide bonds. The molecule has 3 aromatic heterocycles. The zero-order valence-corrected chi connectivity index (χ0v) is 63.6. The molecule has 12 saturated carbocycles. The van der Waals surface area contributed by atoms with Crippen LogP contribution in [0.15, 0.2) is 18.6 Å². The van der Waals surface area contributed by atoms with E-state index in [1.807, 2.05) is 32.6 Å². The van der Waals surface area contributed by atoms with Crippen LogP contribution in [0.1, 0.15) is 291 Å². The second kappa shape index (κ2) is 28.0. The molecule has 0 radical (unpaired) electrons. The first-order chi connectivity index (χ1) is 47.0. The van der Waals surface area contributed by atoms with E-state index in [1.165, 1.54) is 154 Å². The summed E-state index contributed by atoms with van der Waals surface area (Å²) in [6, 6.07) is 0. The van der Waals surface area contributed by atoms with E-state index < -0.39 is 7.59 Å². The van der Waals surface area contributed by atoms with Crippen molar-refractivity contribution in [1.82, 2.24) is 60.2 Å². The Labute approximate surface area is 591 Å². The lowest BCUT2D eigenvalue weighted by atomic mass is 9.44. The quantitative estimate of drug-likeness (QED) is 0.0462. The van der Waals surface area contributed by atoms with Crippen LogP contribution >= 0.6 is 7.59 Å². The van der Waals surface area contributed by atoms with Crippen LogP contribution in [0.3, 0.4) is 0 Å². The van der Waals surface area contributed by atoms with Gasteiger partial charge in [0.2, 0.25) is 0 Å². The molecule has 3 heterocycles. The van der Waals surface area contributed by atoms with Crippen LogP contribution in [0, 0.1) is 139 Å². The molecule has 0 saturated heterocycles. The van der Waals surface area contributed by atoms with E-state index in [1.54, 1.807) is 0 Å². The standard InChI is InChI=1S/C81H135N12O4P/c1-52(67-22-25-70-64-19-16-55-43-61(94)28-34-76(55,4)73(64)31-37-79(67,70)7)13-10-40-91-49-58(85-88-91)46-82-98(97,83-47-59-50-92(89-86-59)41-11-14-53(2)68-23-26-71-65-20-17-56-44-62(95)29-35-77(56,5)74(65)32-38-80(68,71)8)84-48-60-51-93(90-87-60)42-12-15-54(3)69-24-27-72-66-21-18-57-45-63(96)30-36-78(57,6)75(66)33-39-81(69,72)9/h49-57,61-75,94-96H,10-48H2,1-9H3,(H3,82,83,84,97)/t52-,53-,54-,55-,56-,57-,61-,62-,63-,64+,65+,66+,67-,68-,69-,70+,71+,72+,73+,74+,75+,76+,77+,78+,79-,80-,81-/m1/s1. The van der Waals surface area contributed by atoms with E-state index >= 15 is 4.57 Å². The molecule has 12 aliphatic rings. The van der Waals surface area contributed by atoms with Gasteiger partial charge in [-0.15, -0.1) is 15.3 Å². The fourth-order valence-electron chi connectivity index (χ4n) is 29.3. The van der Waals surface area contributed by atoms with Crippen molar-refractivity contribution in [1.29, 1.82) is 0 Å². The third kappa shape index (κ3) is 13.1. The minimum atomic E-state index is -3.46. The molecule has 0 bridgehead atoms. The normalized spacial score (nSPS) is 44.4. The maximum absolute atomic E-state index is 15.2. The average Bonchev–Trinajstić information content (AvgIpc) is 1.66. The van der Waals surface area contributed by atoms with Gasteiger partial charge in [-0.3, -0.25) is 18.6 Å². The van der Waals surface area contributed by atoms with Gasteiger partial charge in [0.05, 0.1) is 35.4 Å². The molecule has 0 aliphatic heterocycles. The lowest BCUT2D eigenvalue weighted by Crippen LogP contribution is -2.54. The number of rotatable bonds is 24. The van der Waals surface area contributed by atoms with Crippen molar-refractivity contribution in [2.75, 3.05) is 0 Å². The maximum Gasteiger partial charge on any atom is 0.280 e. The van der Waals surface area contributed by atoms with Crippen LogP contribution in [0.2, 0.25) is 0 Å². The summed E-state index contributed by atoms with van der Waals surface area (Å²) < 4.78 is 21.2. The summed E-state index contributed by atoms with van der Waals surface area (Å²) in [6.45, 7) is 26.8. The Morgan fingerprint density at radius 3 is 0.969 bits per heavy atom. The number of aryl methyl sites for hydroxylation is 3. The summed E-state index contributed by atoms with van der Waals surface area (Å²) in [5.41, 5.74) is 4.85. The third-order valence-electron chi connectivity index (χ3n) is 34.5. The molecule has 98 heavy (non-hydrogen) atoms. The van der Waals surface area contributed by atoms with Gasteiger partial charge in [-0.1, -0.05) is 78.0 Å². The van der Waals surface area contributed by atoms with Crippen LogP contribution in [-0.2, 0) is 43.8 Å². The fraction of sp³-hybridized carbons (Fsp3) is 0.926. The van der Waals surface area contributed by atoms with E-state index in [0.717, 1.165) is 166 Å². The highest BCUT2D eigenvalue weighted by molar-refractivity contribution is 7.57. The van der Waals surface area contributed by atoms with E-state index in [9.17, 15) is 15.3 Å². The summed E-state index contributed by atoms with van der Waals surface area (Å²) in [6.07, 6.45) is 47.0. The minimum Gasteiger partial charge on any atom is -0.393 e. The number of aromatic nitrogens is 9. The van der Waals surface area contributed by atoms with Gasteiger partial charge in [0.15, 0.2) is 0 Å². The highest BCUT2D eigenvalue weighted by Gasteiger charge is 2.64. The van der Waals surface area contributed by atoms with Gasteiger partial charge in [-0.2, -0.15) is 0 Å². The van der Waals surface area contributed by atoms with Gasteiger partial charge in [0, 0.05) is 57.9 Å². The predicted octanol–water partition coefficient (Wildman–Crippen LogP) is 16.5. The maximum atomic E-state index is 15.2. The zero-order valence-electron chi connectivity index (χ0n) is 62.7. The first-order valence-corrected chi connectivity index (χ1v) is 43.3. The predicted molar refractivity (Wildman–Crippen MR) is 387 cm³/mol. The molecule has 27 atom stereocenters. The van der Waals surface area contributed by atoms with Crippen molar-refractivity contribution < 1.29 is 19.9 Å². The fourth-order valence-corrected chi connectivity index (χ4v) is 30.8. The van der Waals surface area contributed by atoms with Crippen LogP contribution < -0.4 is 15.3 Å². The molecular formula is C81H135N12O4P. The summed E-state index contributed by atoms with van der Waals surface area (Å²) >= 11 is 0. The Bertz CT molecular complexity index is 2920. The van der Waals surface area contributed by atoms with Gasteiger partial charge in [-0.05, 0) is 351 Å². The van der Waals surface area contributed by atoms with Gasteiger partial charge >= 0.3 is 0 Å². The third-order valence-corrected chi connectivity index (χ3v) is 36.4. The average molecular weight is 1370 g/mol. The molecule has 15 rings (SSSR count). The van der Waals surface area contributed by atoms with E-state index in [2.05, 4.69) is 109 Å². The van der Waals surface area contributed by atoms with Crippen molar-refractivity contribution in [3.8, 4) is 0 Å². The summed E-state index contributed by atoms with van der Waals surface area (Å²) in [4.78, 5) is 0. The van der Waals surface area contributed by atoms with Gasteiger partial charge in [0.1, 0.15) is 0 Å². The monoisotopic (exact) mass is 1370 g/mol. The Balaban J connectivity index is 0.544. The van der Waals surface area contributed by atoms with Crippen molar-refractivity contribution in [3.05, 3.63) is 35.7 Å². The first-order valence-electron chi connectivity index (χ1n) is 41.5. The lowest BCUT2D eigenvalue weighted by Gasteiger charge is -2.61. The molecular weight excluding hydrogens is 1240 g/mol. The Hall–Kier alpha value is -2.59.